The molecule has 0 bridgehead atoms. The standard InChI is InChI=1S/C15H13N5S/c1-8-10(5-16)15(11(6-17)9(2)20(8)3)13-4-12-14(21-13)7-18-19-12/h4,7,15H,1-3H3,(H,18,19). The molecule has 3 heterocycles. The zero-order chi connectivity index (χ0) is 15.1. The number of nitrogens with zero attached hydrogens (tertiary/aromatic N) is 4. The van der Waals surface area contributed by atoms with E-state index in [4.69, 9.17) is 0 Å². The monoisotopic (exact) mass is 295 g/mol. The van der Waals surface area contributed by atoms with Gasteiger partial charge in [-0.15, -0.1) is 11.3 Å². The van der Waals surface area contributed by atoms with Crippen LogP contribution >= 0.6 is 11.3 Å². The number of nitriles is 2. The molecule has 21 heavy (non-hydrogen) atoms. The second-order valence-corrected chi connectivity index (χ2v) is 6.13. The molecule has 0 aromatic carbocycles. The fourth-order valence-electron chi connectivity index (χ4n) is 2.66. The Morgan fingerprint density at radius 1 is 1.24 bits per heavy atom. The zero-order valence-electron chi connectivity index (χ0n) is 11.9. The molecule has 3 rings (SSSR count). The van der Waals surface area contributed by atoms with Crippen LogP contribution in [0.5, 0.6) is 0 Å². The van der Waals surface area contributed by atoms with Crippen LogP contribution in [0.25, 0.3) is 10.2 Å². The van der Waals surface area contributed by atoms with Crippen molar-refractivity contribution in [1.82, 2.24) is 15.1 Å². The maximum atomic E-state index is 9.55. The first kappa shape index (κ1) is 13.4. The number of nitrogens with one attached hydrogen (secondary N) is 1. The van der Waals surface area contributed by atoms with Gasteiger partial charge in [-0.25, -0.2) is 0 Å². The summed E-state index contributed by atoms with van der Waals surface area (Å²) in [6.07, 6.45) is 1.77. The molecule has 1 N–H and O–H groups in total. The summed E-state index contributed by atoms with van der Waals surface area (Å²) in [5.74, 6) is -0.276. The van der Waals surface area contributed by atoms with Gasteiger partial charge in [0.1, 0.15) is 0 Å². The predicted octanol–water partition coefficient (Wildman–Crippen LogP) is 3.25. The maximum absolute atomic E-state index is 9.55. The van der Waals surface area contributed by atoms with E-state index >= 15 is 0 Å². The highest BCUT2D eigenvalue weighted by Gasteiger charge is 2.33. The van der Waals surface area contributed by atoms with Crippen LogP contribution in [0.4, 0.5) is 0 Å². The third-order valence-electron chi connectivity index (χ3n) is 4.04. The SMILES string of the molecule is CC1=C(C#N)C(c2cc3[nH]ncc3s2)C(C#N)=C(C)N1C. The van der Waals surface area contributed by atoms with Gasteiger partial charge in [0, 0.05) is 23.3 Å². The molecular formula is C15H13N5S. The van der Waals surface area contributed by atoms with E-state index in [1.165, 1.54) is 0 Å². The lowest BCUT2D eigenvalue weighted by Gasteiger charge is -2.32. The average Bonchev–Trinajstić information content (AvgIpc) is 3.05. The molecule has 0 spiro atoms. The van der Waals surface area contributed by atoms with Crippen molar-refractivity contribution in [3.63, 3.8) is 0 Å². The van der Waals surface area contributed by atoms with E-state index in [0.717, 1.165) is 26.5 Å². The molecule has 0 aliphatic carbocycles. The van der Waals surface area contributed by atoms with Crippen molar-refractivity contribution in [3.8, 4) is 12.1 Å². The van der Waals surface area contributed by atoms with Gasteiger partial charge in [-0.05, 0) is 19.9 Å². The van der Waals surface area contributed by atoms with Crippen LogP contribution in [-0.2, 0) is 0 Å². The van der Waals surface area contributed by atoms with Crippen molar-refractivity contribution in [2.24, 2.45) is 0 Å². The number of aromatic nitrogens is 2. The lowest BCUT2D eigenvalue weighted by molar-refractivity contribution is 0.490. The molecule has 0 fully saturated rings. The third kappa shape index (κ3) is 1.84. The Bertz CT molecular complexity index is 801. The quantitative estimate of drug-likeness (QED) is 0.875. The summed E-state index contributed by atoms with van der Waals surface area (Å²) in [4.78, 5) is 2.91. The summed E-state index contributed by atoms with van der Waals surface area (Å²) >= 11 is 1.57. The highest BCUT2D eigenvalue weighted by atomic mass is 32.1. The Kier molecular flexibility index (Phi) is 3.04. The van der Waals surface area contributed by atoms with Crippen molar-refractivity contribution >= 4 is 21.6 Å². The van der Waals surface area contributed by atoms with Crippen molar-refractivity contribution in [2.45, 2.75) is 19.8 Å². The number of fused-ring (bicyclic) bond motifs is 1. The Morgan fingerprint density at radius 2 is 1.86 bits per heavy atom. The average molecular weight is 295 g/mol. The van der Waals surface area contributed by atoms with Crippen LogP contribution in [0.3, 0.4) is 0 Å². The Labute approximate surface area is 126 Å². The van der Waals surface area contributed by atoms with Crippen molar-refractivity contribution in [1.29, 1.82) is 10.5 Å². The minimum atomic E-state index is -0.276. The van der Waals surface area contributed by atoms with Crippen LogP contribution < -0.4 is 0 Å². The van der Waals surface area contributed by atoms with Crippen LogP contribution in [-0.4, -0.2) is 22.1 Å². The molecule has 104 valence electrons. The first-order valence-electron chi connectivity index (χ1n) is 6.46. The van der Waals surface area contributed by atoms with Gasteiger partial charge in [0.25, 0.3) is 0 Å². The van der Waals surface area contributed by atoms with Gasteiger partial charge in [0.15, 0.2) is 0 Å². The molecule has 2 aromatic heterocycles. The lowest BCUT2D eigenvalue weighted by Crippen LogP contribution is -2.25. The molecule has 0 unspecified atom stereocenters. The summed E-state index contributed by atoms with van der Waals surface area (Å²) in [6, 6.07) is 6.56. The van der Waals surface area contributed by atoms with Gasteiger partial charge < -0.3 is 4.90 Å². The van der Waals surface area contributed by atoms with E-state index in [0.29, 0.717) is 11.1 Å². The highest BCUT2D eigenvalue weighted by Crippen LogP contribution is 2.43. The number of hydrogen-bond acceptors (Lipinski definition) is 5. The topological polar surface area (TPSA) is 79.5 Å². The molecule has 1 aliphatic heterocycles. The number of hydrogen-bond donors (Lipinski definition) is 1. The summed E-state index contributed by atoms with van der Waals surface area (Å²) in [6.45, 7) is 3.84. The molecule has 2 aromatic rings. The second-order valence-electron chi connectivity index (χ2n) is 5.01. The maximum Gasteiger partial charge on any atom is 0.0976 e. The summed E-state index contributed by atoms with van der Waals surface area (Å²) in [5, 5.41) is 26.0. The van der Waals surface area contributed by atoms with Gasteiger partial charge >= 0.3 is 0 Å². The van der Waals surface area contributed by atoms with E-state index in [1.807, 2.05) is 31.9 Å². The number of thiophene rings is 1. The van der Waals surface area contributed by atoms with Crippen molar-refractivity contribution in [2.75, 3.05) is 7.05 Å². The number of allylic oxidation sites excluding steroid dienone is 4. The van der Waals surface area contributed by atoms with E-state index < -0.39 is 0 Å². The van der Waals surface area contributed by atoms with Crippen LogP contribution in [0.1, 0.15) is 24.6 Å². The van der Waals surface area contributed by atoms with Crippen LogP contribution in [0.2, 0.25) is 0 Å². The molecule has 0 saturated carbocycles. The lowest BCUT2D eigenvalue weighted by atomic mass is 9.85. The Morgan fingerprint density at radius 3 is 2.38 bits per heavy atom. The zero-order valence-corrected chi connectivity index (χ0v) is 12.7. The van der Waals surface area contributed by atoms with E-state index in [9.17, 15) is 10.5 Å². The predicted molar refractivity (Wildman–Crippen MR) is 81.1 cm³/mol. The highest BCUT2D eigenvalue weighted by molar-refractivity contribution is 7.19. The van der Waals surface area contributed by atoms with Crippen LogP contribution in [0.15, 0.2) is 34.8 Å². The molecule has 0 amide bonds. The summed E-state index contributed by atoms with van der Waals surface area (Å²) in [7, 11) is 1.89. The Balaban J connectivity index is 2.24. The van der Waals surface area contributed by atoms with Gasteiger partial charge in [-0.2, -0.15) is 15.6 Å². The van der Waals surface area contributed by atoms with E-state index in [1.54, 1.807) is 17.5 Å². The second kappa shape index (κ2) is 4.76. The molecule has 0 saturated heterocycles. The number of rotatable bonds is 1. The first-order chi connectivity index (χ1) is 10.1. The van der Waals surface area contributed by atoms with Crippen molar-refractivity contribution in [3.05, 3.63) is 39.7 Å². The van der Waals surface area contributed by atoms with E-state index in [-0.39, 0.29) is 5.92 Å². The van der Waals surface area contributed by atoms with Crippen LogP contribution in [0, 0.1) is 22.7 Å². The fourth-order valence-corrected chi connectivity index (χ4v) is 3.77. The number of aromatic amines is 1. The van der Waals surface area contributed by atoms with Gasteiger partial charge in [0.2, 0.25) is 0 Å². The van der Waals surface area contributed by atoms with E-state index in [2.05, 4.69) is 22.3 Å². The minimum absolute atomic E-state index is 0.276. The smallest absolute Gasteiger partial charge is 0.0976 e. The molecule has 0 atom stereocenters. The fraction of sp³-hybridized carbons (Fsp3) is 0.267. The molecule has 0 radical (unpaired) electrons. The van der Waals surface area contributed by atoms with Crippen molar-refractivity contribution < 1.29 is 0 Å². The van der Waals surface area contributed by atoms with Gasteiger partial charge in [0.05, 0.1) is 45.6 Å². The third-order valence-corrected chi connectivity index (χ3v) is 5.17. The Hall–Kier alpha value is -2.57. The largest absolute Gasteiger partial charge is 0.350 e. The normalized spacial score (nSPS) is 16.5. The summed E-state index contributed by atoms with van der Waals surface area (Å²) in [5.41, 5.74) is 4.01. The van der Waals surface area contributed by atoms with Gasteiger partial charge in [-0.3, -0.25) is 5.10 Å². The van der Waals surface area contributed by atoms with Gasteiger partial charge in [-0.1, -0.05) is 0 Å². The first-order valence-corrected chi connectivity index (χ1v) is 7.28. The number of H-pyrrole nitrogens is 1. The molecule has 5 nitrogen and oxygen atoms in total. The minimum Gasteiger partial charge on any atom is -0.350 e. The molecule has 1 aliphatic rings. The molecule has 6 heteroatoms. The summed E-state index contributed by atoms with van der Waals surface area (Å²) < 4.78 is 1.04. The molecular weight excluding hydrogens is 282 g/mol.